The van der Waals surface area contributed by atoms with E-state index >= 15 is 0 Å². The summed E-state index contributed by atoms with van der Waals surface area (Å²) in [6.45, 7) is 1.95. The molecule has 0 radical (unpaired) electrons. The van der Waals surface area contributed by atoms with E-state index in [0.29, 0.717) is 6.42 Å². The molecule has 0 amide bonds. The molecule has 0 aliphatic carbocycles. The number of nitrogens with zero attached hydrogens (tertiary/aromatic N) is 3. The second-order valence-electron chi connectivity index (χ2n) is 3.05. The molecule has 1 rings (SSSR count). The minimum absolute atomic E-state index is 0.111. The van der Waals surface area contributed by atoms with Crippen LogP contribution in [0.1, 0.15) is 24.1 Å². The molecular formula is C10H13N3O. The van der Waals surface area contributed by atoms with Gasteiger partial charge < -0.3 is 5.11 Å². The van der Waals surface area contributed by atoms with Gasteiger partial charge in [-0.25, -0.2) is 0 Å². The van der Waals surface area contributed by atoms with Crippen LogP contribution in [0.25, 0.3) is 10.4 Å². The normalized spacial score (nSPS) is 11.9. The highest BCUT2D eigenvalue weighted by atomic mass is 16.2. The summed E-state index contributed by atoms with van der Waals surface area (Å²) in [5.74, 6) is 0. The molecule has 1 unspecified atom stereocenters. The highest BCUT2D eigenvalue weighted by Gasteiger charge is 2.07. The monoisotopic (exact) mass is 191 g/mol. The molecule has 0 aliphatic rings. The third-order valence-corrected chi connectivity index (χ3v) is 2.11. The number of rotatable bonds is 4. The molecule has 0 spiro atoms. The molecule has 1 N–H and O–H groups in total. The first-order chi connectivity index (χ1) is 6.79. The number of hydrogen-bond acceptors (Lipinski definition) is 2. The first-order valence-electron chi connectivity index (χ1n) is 4.52. The molecule has 74 valence electrons. The lowest BCUT2D eigenvalue weighted by atomic mass is 10.00. The Morgan fingerprint density at radius 2 is 2.21 bits per heavy atom. The smallest absolute Gasteiger partial charge is 0.0599 e. The van der Waals surface area contributed by atoms with Gasteiger partial charge in [-0.05, 0) is 23.1 Å². The van der Waals surface area contributed by atoms with Crippen molar-refractivity contribution in [3.05, 3.63) is 45.8 Å². The van der Waals surface area contributed by atoms with Crippen molar-refractivity contribution in [2.24, 2.45) is 5.11 Å². The minimum atomic E-state index is -0.178. The van der Waals surface area contributed by atoms with Crippen LogP contribution in [-0.4, -0.2) is 11.7 Å². The molecule has 1 atom stereocenters. The van der Waals surface area contributed by atoms with Crippen molar-refractivity contribution in [1.82, 2.24) is 0 Å². The van der Waals surface area contributed by atoms with Gasteiger partial charge in [0.2, 0.25) is 0 Å². The van der Waals surface area contributed by atoms with Crippen molar-refractivity contribution < 1.29 is 5.11 Å². The Labute approximate surface area is 82.8 Å². The van der Waals surface area contributed by atoms with Gasteiger partial charge in [0.15, 0.2) is 0 Å². The van der Waals surface area contributed by atoms with E-state index in [1.54, 1.807) is 0 Å². The average molecular weight is 191 g/mol. The van der Waals surface area contributed by atoms with Crippen molar-refractivity contribution in [1.29, 1.82) is 0 Å². The van der Waals surface area contributed by atoms with Gasteiger partial charge in [0.05, 0.1) is 6.04 Å². The Kier molecular flexibility index (Phi) is 3.98. The Hall–Kier alpha value is -1.51. The first kappa shape index (κ1) is 10.6. The van der Waals surface area contributed by atoms with E-state index in [4.69, 9.17) is 10.6 Å². The van der Waals surface area contributed by atoms with Crippen LogP contribution in [0.4, 0.5) is 0 Å². The Balaban J connectivity index is 2.99. The molecule has 0 heterocycles. The molecule has 0 aromatic heterocycles. The molecule has 0 saturated carbocycles. The average Bonchev–Trinajstić information content (AvgIpc) is 2.19. The van der Waals surface area contributed by atoms with Crippen molar-refractivity contribution in [2.45, 2.75) is 19.4 Å². The lowest BCUT2D eigenvalue weighted by molar-refractivity contribution is 0.299. The fraction of sp³-hybridized carbons (Fsp3) is 0.400. The Bertz CT molecular complexity index is 345. The SMILES string of the molecule is CC(N=[N+]=[N-])c1ccccc1CCO. The van der Waals surface area contributed by atoms with Crippen molar-refractivity contribution in [2.75, 3.05) is 6.61 Å². The van der Waals surface area contributed by atoms with Crippen LogP contribution in [-0.2, 0) is 6.42 Å². The van der Waals surface area contributed by atoms with E-state index in [0.717, 1.165) is 11.1 Å². The van der Waals surface area contributed by atoms with Crippen LogP contribution >= 0.6 is 0 Å². The second-order valence-corrected chi connectivity index (χ2v) is 3.05. The number of aliphatic hydroxyl groups excluding tert-OH is 1. The van der Waals surface area contributed by atoms with E-state index < -0.39 is 0 Å². The van der Waals surface area contributed by atoms with Crippen molar-refractivity contribution in [3.8, 4) is 0 Å². The van der Waals surface area contributed by atoms with Gasteiger partial charge in [-0.15, -0.1) is 0 Å². The van der Waals surface area contributed by atoms with Crippen LogP contribution in [0.3, 0.4) is 0 Å². The lowest BCUT2D eigenvalue weighted by Crippen LogP contribution is -1.99. The fourth-order valence-electron chi connectivity index (χ4n) is 1.43. The number of aliphatic hydroxyl groups is 1. The number of benzene rings is 1. The van der Waals surface area contributed by atoms with Gasteiger partial charge >= 0.3 is 0 Å². The molecular weight excluding hydrogens is 178 g/mol. The van der Waals surface area contributed by atoms with Crippen LogP contribution in [0.15, 0.2) is 29.4 Å². The lowest BCUT2D eigenvalue weighted by Gasteiger charge is -2.10. The molecule has 4 heteroatoms. The fourth-order valence-corrected chi connectivity index (χ4v) is 1.43. The van der Waals surface area contributed by atoms with E-state index in [-0.39, 0.29) is 12.6 Å². The summed E-state index contributed by atoms with van der Waals surface area (Å²) in [6.07, 6.45) is 0.599. The maximum Gasteiger partial charge on any atom is 0.0599 e. The summed E-state index contributed by atoms with van der Waals surface area (Å²) >= 11 is 0. The standard InChI is InChI=1S/C10H13N3O/c1-8(12-13-11)10-5-3-2-4-9(10)6-7-14/h2-5,8,14H,6-7H2,1H3. The topological polar surface area (TPSA) is 69.0 Å². The molecule has 1 aromatic carbocycles. The first-order valence-corrected chi connectivity index (χ1v) is 4.52. The zero-order valence-corrected chi connectivity index (χ0v) is 8.09. The highest BCUT2D eigenvalue weighted by molar-refractivity contribution is 5.29. The van der Waals surface area contributed by atoms with Crippen LogP contribution in [0.5, 0.6) is 0 Å². The molecule has 0 bridgehead atoms. The zero-order chi connectivity index (χ0) is 10.4. The summed E-state index contributed by atoms with van der Waals surface area (Å²) in [4.78, 5) is 2.78. The Morgan fingerprint density at radius 3 is 2.86 bits per heavy atom. The maximum atomic E-state index is 8.85. The maximum absolute atomic E-state index is 8.85. The third kappa shape index (κ3) is 2.49. The summed E-state index contributed by atoms with van der Waals surface area (Å²) in [6, 6.07) is 7.50. The van der Waals surface area contributed by atoms with Crippen molar-refractivity contribution in [3.63, 3.8) is 0 Å². The predicted octanol–water partition coefficient (Wildman–Crippen LogP) is 2.59. The van der Waals surface area contributed by atoms with E-state index in [1.165, 1.54) is 0 Å². The molecule has 4 nitrogen and oxygen atoms in total. The molecule has 0 fully saturated rings. The van der Waals surface area contributed by atoms with Crippen molar-refractivity contribution >= 4 is 0 Å². The van der Waals surface area contributed by atoms with E-state index in [1.807, 2.05) is 31.2 Å². The van der Waals surface area contributed by atoms with Crippen LogP contribution in [0, 0.1) is 0 Å². The quantitative estimate of drug-likeness (QED) is 0.443. The van der Waals surface area contributed by atoms with Gasteiger partial charge in [-0.2, -0.15) is 0 Å². The second kappa shape index (κ2) is 5.27. The number of azide groups is 1. The van der Waals surface area contributed by atoms with Gasteiger partial charge in [-0.1, -0.05) is 36.3 Å². The van der Waals surface area contributed by atoms with Gasteiger partial charge in [0.25, 0.3) is 0 Å². The van der Waals surface area contributed by atoms with Crippen LogP contribution in [0.2, 0.25) is 0 Å². The summed E-state index contributed by atoms with van der Waals surface area (Å²) in [5, 5.41) is 12.5. The van der Waals surface area contributed by atoms with Crippen LogP contribution < -0.4 is 0 Å². The molecule has 1 aromatic rings. The third-order valence-electron chi connectivity index (χ3n) is 2.11. The number of hydrogen-bond donors (Lipinski definition) is 1. The minimum Gasteiger partial charge on any atom is -0.396 e. The highest BCUT2D eigenvalue weighted by Crippen LogP contribution is 2.21. The molecule has 0 saturated heterocycles. The Morgan fingerprint density at radius 1 is 1.50 bits per heavy atom. The zero-order valence-electron chi connectivity index (χ0n) is 8.09. The predicted molar refractivity (Wildman–Crippen MR) is 54.8 cm³/mol. The molecule has 14 heavy (non-hydrogen) atoms. The van der Waals surface area contributed by atoms with E-state index in [9.17, 15) is 0 Å². The summed E-state index contributed by atoms with van der Waals surface area (Å²) in [7, 11) is 0. The molecule has 0 aliphatic heterocycles. The van der Waals surface area contributed by atoms with Gasteiger partial charge in [-0.3, -0.25) is 0 Å². The van der Waals surface area contributed by atoms with Gasteiger partial charge in [0, 0.05) is 11.5 Å². The van der Waals surface area contributed by atoms with E-state index in [2.05, 4.69) is 10.0 Å². The summed E-state index contributed by atoms with van der Waals surface area (Å²) < 4.78 is 0. The largest absolute Gasteiger partial charge is 0.396 e. The van der Waals surface area contributed by atoms with Gasteiger partial charge in [0.1, 0.15) is 0 Å². The summed E-state index contributed by atoms with van der Waals surface area (Å²) in [5.41, 5.74) is 10.4.